The van der Waals surface area contributed by atoms with Crippen LogP contribution in [0.4, 0.5) is 17.1 Å². The van der Waals surface area contributed by atoms with Gasteiger partial charge in [-0.25, -0.2) is 4.57 Å². The highest BCUT2D eigenvalue weighted by molar-refractivity contribution is 7.63. The molecule has 0 fully saturated rings. The van der Waals surface area contributed by atoms with Gasteiger partial charge in [0.1, 0.15) is 0 Å². The van der Waals surface area contributed by atoms with Crippen molar-refractivity contribution in [2.24, 2.45) is 0 Å². The molecular formula is C16H19N2O2P. The Morgan fingerprint density at radius 3 is 2.19 bits per heavy atom. The van der Waals surface area contributed by atoms with E-state index in [1.807, 2.05) is 77.8 Å². The van der Waals surface area contributed by atoms with Crippen molar-refractivity contribution in [3.63, 3.8) is 0 Å². The van der Waals surface area contributed by atoms with Crippen LogP contribution in [0, 0.1) is 0 Å². The molecule has 21 heavy (non-hydrogen) atoms. The molecule has 2 aromatic rings. The van der Waals surface area contributed by atoms with Crippen LogP contribution < -0.4 is 9.34 Å². The van der Waals surface area contributed by atoms with Crippen molar-refractivity contribution in [2.45, 2.75) is 13.8 Å². The normalized spacial score (nSPS) is 20.7. The van der Waals surface area contributed by atoms with Gasteiger partial charge >= 0.3 is 7.67 Å². The van der Waals surface area contributed by atoms with Crippen LogP contribution in [0.1, 0.15) is 13.8 Å². The summed E-state index contributed by atoms with van der Waals surface area (Å²) in [6.45, 7) is 4.92. The van der Waals surface area contributed by atoms with Crippen molar-refractivity contribution < 1.29 is 9.09 Å². The summed E-state index contributed by atoms with van der Waals surface area (Å²) in [5.41, 5.74) is 2.78. The standard InChI is InChI=1S/C16H19N2O2P/c1-3-17-15-12-8-9-13-16(15)18(21(17,19)20-4-2)14-10-6-5-7-11-14/h5-13H,3-4H2,1-2H3. The Labute approximate surface area is 125 Å². The first-order chi connectivity index (χ1) is 10.2. The second-order valence-electron chi connectivity index (χ2n) is 4.76. The van der Waals surface area contributed by atoms with E-state index in [9.17, 15) is 4.57 Å². The first kappa shape index (κ1) is 14.2. The maximum atomic E-state index is 13.6. The Hall–Kier alpha value is -1.77. The Morgan fingerprint density at radius 1 is 0.952 bits per heavy atom. The first-order valence-electron chi connectivity index (χ1n) is 7.19. The highest BCUT2D eigenvalue weighted by atomic mass is 31.2. The molecule has 3 rings (SSSR count). The van der Waals surface area contributed by atoms with E-state index in [1.165, 1.54) is 0 Å². The highest BCUT2D eigenvalue weighted by Crippen LogP contribution is 2.68. The van der Waals surface area contributed by atoms with E-state index in [4.69, 9.17) is 4.52 Å². The van der Waals surface area contributed by atoms with Gasteiger partial charge in [0, 0.05) is 6.54 Å². The van der Waals surface area contributed by atoms with Gasteiger partial charge in [0.15, 0.2) is 0 Å². The topological polar surface area (TPSA) is 32.8 Å². The molecule has 0 saturated heterocycles. The molecule has 0 aliphatic carbocycles. The van der Waals surface area contributed by atoms with E-state index in [0.29, 0.717) is 13.2 Å². The first-order valence-corrected chi connectivity index (χ1v) is 8.72. The van der Waals surface area contributed by atoms with E-state index in [2.05, 4.69) is 0 Å². The van der Waals surface area contributed by atoms with Gasteiger partial charge in [-0.15, -0.1) is 0 Å². The summed E-state index contributed by atoms with van der Waals surface area (Å²) in [7, 11) is -3.13. The Morgan fingerprint density at radius 2 is 1.57 bits per heavy atom. The van der Waals surface area contributed by atoms with Gasteiger partial charge in [0.2, 0.25) is 0 Å². The van der Waals surface area contributed by atoms with E-state index < -0.39 is 7.67 Å². The molecule has 2 aromatic carbocycles. The smallest absolute Gasteiger partial charge is 0.297 e. The SMILES string of the molecule is CCOP1(=O)N(CC)c2ccccc2N1c1ccccc1. The van der Waals surface area contributed by atoms with Crippen molar-refractivity contribution >= 4 is 24.7 Å². The Bertz CT molecular complexity index is 675. The summed E-state index contributed by atoms with van der Waals surface area (Å²) < 4.78 is 23.1. The minimum Gasteiger partial charge on any atom is -0.297 e. The van der Waals surface area contributed by atoms with Gasteiger partial charge in [-0.3, -0.25) is 13.9 Å². The largest absolute Gasteiger partial charge is 0.401 e. The predicted octanol–water partition coefficient (Wildman–Crippen LogP) is 4.81. The number of rotatable bonds is 4. The second-order valence-corrected chi connectivity index (χ2v) is 6.88. The van der Waals surface area contributed by atoms with Crippen LogP contribution in [0.3, 0.4) is 0 Å². The lowest BCUT2D eigenvalue weighted by atomic mass is 10.2. The third-order valence-electron chi connectivity index (χ3n) is 3.54. The molecule has 0 spiro atoms. The number of para-hydroxylation sites is 3. The molecule has 0 amide bonds. The summed E-state index contributed by atoms with van der Waals surface area (Å²) in [5.74, 6) is 0. The monoisotopic (exact) mass is 302 g/mol. The Kier molecular flexibility index (Phi) is 3.75. The number of anilines is 3. The summed E-state index contributed by atoms with van der Waals surface area (Å²) in [4.78, 5) is 0. The number of nitrogens with zero attached hydrogens (tertiary/aromatic N) is 2. The minimum absolute atomic E-state index is 0.408. The zero-order valence-electron chi connectivity index (χ0n) is 12.3. The second kappa shape index (κ2) is 5.55. The van der Waals surface area contributed by atoms with Crippen molar-refractivity contribution in [2.75, 3.05) is 22.5 Å². The molecule has 1 unspecified atom stereocenters. The Balaban J connectivity index is 2.21. The fraction of sp³-hybridized carbons (Fsp3) is 0.250. The lowest BCUT2D eigenvalue weighted by Crippen LogP contribution is -2.23. The lowest BCUT2D eigenvalue weighted by Gasteiger charge is -2.30. The molecule has 5 heteroatoms. The van der Waals surface area contributed by atoms with E-state index in [0.717, 1.165) is 17.1 Å². The number of hydrogen-bond acceptors (Lipinski definition) is 2. The molecule has 0 aromatic heterocycles. The van der Waals surface area contributed by atoms with Crippen LogP contribution in [-0.4, -0.2) is 13.2 Å². The maximum Gasteiger partial charge on any atom is 0.401 e. The van der Waals surface area contributed by atoms with Gasteiger partial charge in [-0.1, -0.05) is 30.3 Å². The van der Waals surface area contributed by atoms with Gasteiger partial charge in [0.05, 0.1) is 23.7 Å². The molecule has 4 nitrogen and oxygen atoms in total. The van der Waals surface area contributed by atoms with Crippen molar-refractivity contribution in [3.05, 3.63) is 54.6 Å². The number of benzene rings is 2. The number of hydrogen-bond donors (Lipinski definition) is 0. The average molecular weight is 302 g/mol. The van der Waals surface area contributed by atoms with Crippen LogP contribution in [-0.2, 0) is 9.09 Å². The van der Waals surface area contributed by atoms with E-state index >= 15 is 0 Å². The third kappa shape index (κ3) is 2.15. The summed E-state index contributed by atoms with van der Waals surface area (Å²) in [6, 6.07) is 17.7. The van der Waals surface area contributed by atoms with Crippen LogP contribution in [0.5, 0.6) is 0 Å². The van der Waals surface area contributed by atoms with E-state index in [1.54, 1.807) is 0 Å². The highest BCUT2D eigenvalue weighted by Gasteiger charge is 2.47. The molecule has 1 atom stereocenters. The predicted molar refractivity (Wildman–Crippen MR) is 87.3 cm³/mol. The molecule has 110 valence electrons. The molecular weight excluding hydrogens is 283 g/mol. The third-order valence-corrected chi connectivity index (χ3v) is 6.20. The van der Waals surface area contributed by atoms with Crippen LogP contribution >= 0.6 is 7.67 Å². The number of fused-ring (bicyclic) bond motifs is 1. The molecule has 0 bridgehead atoms. The molecule has 1 aliphatic heterocycles. The molecule has 1 heterocycles. The van der Waals surface area contributed by atoms with Crippen molar-refractivity contribution in [3.8, 4) is 0 Å². The quantitative estimate of drug-likeness (QED) is 0.759. The molecule has 0 saturated carbocycles. The van der Waals surface area contributed by atoms with Crippen molar-refractivity contribution in [1.29, 1.82) is 0 Å². The lowest BCUT2D eigenvalue weighted by molar-refractivity contribution is 0.332. The summed E-state index contributed by atoms with van der Waals surface area (Å²) >= 11 is 0. The molecule has 1 aliphatic rings. The van der Waals surface area contributed by atoms with Gasteiger partial charge in [-0.05, 0) is 38.1 Å². The minimum atomic E-state index is -3.13. The maximum absolute atomic E-state index is 13.6. The summed E-state index contributed by atoms with van der Waals surface area (Å²) in [6.07, 6.45) is 0. The fourth-order valence-electron chi connectivity index (χ4n) is 2.74. The molecule has 0 radical (unpaired) electrons. The van der Waals surface area contributed by atoms with Crippen molar-refractivity contribution in [1.82, 2.24) is 0 Å². The average Bonchev–Trinajstić information content (AvgIpc) is 2.76. The zero-order chi connectivity index (χ0) is 14.9. The van der Waals surface area contributed by atoms with Crippen LogP contribution in [0.2, 0.25) is 0 Å². The fourth-order valence-corrected chi connectivity index (χ4v) is 5.21. The van der Waals surface area contributed by atoms with Crippen LogP contribution in [0.15, 0.2) is 54.6 Å². The van der Waals surface area contributed by atoms with Gasteiger partial charge in [-0.2, -0.15) is 0 Å². The summed E-state index contributed by atoms with van der Waals surface area (Å²) in [5, 5.41) is 0. The van der Waals surface area contributed by atoms with Gasteiger partial charge < -0.3 is 0 Å². The molecule has 0 N–H and O–H groups in total. The zero-order valence-corrected chi connectivity index (χ0v) is 13.2. The van der Waals surface area contributed by atoms with E-state index in [-0.39, 0.29) is 0 Å². The van der Waals surface area contributed by atoms with Crippen LogP contribution in [0.25, 0.3) is 0 Å². The van der Waals surface area contributed by atoms with Gasteiger partial charge in [0.25, 0.3) is 0 Å².